The molecule has 1 saturated heterocycles. The maximum Gasteiger partial charge on any atom is 0.409 e. The van der Waals surface area contributed by atoms with Crippen LogP contribution in [0.1, 0.15) is 44.1 Å². The summed E-state index contributed by atoms with van der Waals surface area (Å²) in [6.07, 6.45) is -0.986. The summed E-state index contributed by atoms with van der Waals surface area (Å²) in [4.78, 5) is 64.9. The number of carbonyl (C=O) groups excluding carboxylic acids is 4. The van der Waals surface area contributed by atoms with Gasteiger partial charge in [0.05, 0.1) is 12.8 Å². The number of carboxylic acid groups (broad SMARTS) is 1. The minimum Gasteiger partial charge on any atom is -0.481 e. The molecule has 1 atom stereocenters. The third kappa shape index (κ3) is 7.80. The second-order valence-corrected chi connectivity index (χ2v) is 10.3. The lowest BCUT2D eigenvalue weighted by atomic mass is 9.91. The van der Waals surface area contributed by atoms with Gasteiger partial charge >= 0.3 is 12.1 Å². The number of hydrogen-bond acceptors (Lipinski definition) is 8. The summed E-state index contributed by atoms with van der Waals surface area (Å²) in [6, 6.07) is 9.10. The largest absolute Gasteiger partial charge is 0.481 e. The van der Waals surface area contributed by atoms with Crippen molar-refractivity contribution in [3.05, 3.63) is 42.1 Å². The highest BCUT2D eigenvalue weighted by Gasteiger charge is 2.32. The number of amides is 3. The summed E-state index contributed by atoms with van der Waals surface area (Å²) < 4.78 is 11.8. The molecule has 2 heterocycles. The molecule has 1 fully saturated rings. The highest BCUT2D eigenvalue weighted by Crippen LogP contribution is 2.22. The number of ketones is 1. The van der Waals surface area contributed by atoms with Crippen molar-refractivity contribution in [2.45, 2.75) is 39.7 Å². The summed E-state index contributed by atoms with van der Waals surface area (Å²) in [7, 11) is 1.27. The average Bonchev–Trinajstić information content (AvgIpc) is 3.37. The first-order valence-corrected chi connectivity index (χ1v) is 12.9. The van der Waals surface area contributed by atoms with Crippen LogP contribution in [0.4, 0.5) is 4.79 Å². The van der Waals surface area contributed by atoms with E-state index in [0.29, 0.717) is 5.69 Å². The first-order chi connectivity index (χ1) is 18.9. The second-order valence-electron chi connectivity index (χ2n) is 10.3. The molecule has 2 N–H and O–H groups in total. The molecule has 0 saturated carbocycles. The van der Waals surface area contributed by atoms with Crippen LogP contribution in [0, 0.1) is 5.41 Å². The molecular weight excluding hydrogens is 522 g/mol. The van der Waals surface area contributed by atoms with Crippen LogP contribution in [0.5, 0.6) is 5.88 Å². The van der Waals surface area contributed by atoms with Gasteiger partial charge in [0, 0.05) is 44.1 Å². The number of hydrogen-bond donors (Lipinski definition) is 2. The lowest BCUT2D eigenvalue weighted by Crippen LogP contribution is -2.56. The van der Waals surface area contributed by atoms with Crippen LogP contribution in [-0.2, 0) is 19.1 Å². The lowest BCUT2D eigenvalue weighted by Gasteiger charge is -2.35. The zero-order valence-electron chi connectivity index (χ0n) is 23.1. The van der Waals surface area contributed by atoms with Crippen LogP contribution >= 0.6 is 0 Å². The van der Waals surface area contributed by atoms with E-state index in [2.05, 4.69) is 10.4 Å². The molecule has 0 aliphatic carbocycles. The number of Topliss-reactive ketones (excluding diaryl/α,β-unsaturated/α-hetero) is 1. The molecule has 1 aliphatic heterocycles. The van der Waals surface area contributed by atoms with Crippen molar-refractivity contribution in [2.75, 3.05) is 39.9 Å². The standard InChI is InChI=1S/C27H35N5O8/c1-27(2,3)21(33)17-40-22-16-20(29-32(22)18-8-6-5-7-9-18)24(36)28-19(10-11-23(34)35)25(37)30-12-14-31(15-13-30)26(38)39-4/h5-9,16,19H,10-15,17H2,1-4H3,(H,28,36)(H,34,35)/t19-/m0/s1. The van der Waals surface area contributed by atoms with Gasteiger partial charge in [-0.2, -0.15) is 5.10 Å². The van der Waals surface area contributed by atoms with Crippen LogP contribution in [0.2, 0.25) is 0 Å². The van der Waals surface area contributed by atoms with Crippen molar-refractivity contribution in [3.8, 4) is 11.6 Å². The predicted octanol–water partition coefficient (Wildman–Crippen LogP) is 1.74. The minimum atomic E-state index is -1.14. The van der Waals surface area contributed by atoms with Gasteiger partial charge in [0.15, 0.2) is 11.5 Å². The number of carbonyl (C=O) groups is 5. The van der Waals surface area contributed by atoms with Crippen molar-refractivity contribution in [1.82, 2.24) is 24.9 Å². The van der Waals surface area contributed by atoms with Crippen LogP contribution in [0.3, 0.4) is 0 Å². The van der Waals surface area contributed by atoms with Gasteiger partial charge in [-0.05, 0) is 18.6 Å². The number of para-hydroxylation sites is 1. The van der Waals surface area contributed by atoms with E-state index in [1.807, 2.05) is 6.07 Å². The Hall–Kier alpha value is -4.42. The van der Waals surface area contributed by atoms with E-state index in [4.69, 9.17) is 9.47 Å². The molecule has 2 aromatic rings. The third-order valence-corrected chi connectivity index (χ3v) is 6.37. The van der Waals surface area contributed by atoms with Crippen LogP contribution in [-0.4, -0.2) is 100 Å². The Morgan fingerprint density at radius 1 is 1.02 bits per heavy atom. The van der Waals surface area contributed by atoms with Gasteiger partial charge < -0.3 is 29.7 Å². The third-order valence-electron chi connectivity index (χ3n) is 6.37. The fourth-order valence-electron chi connectivity index (χ4n) is 3.90. The molecular formula is C27H35N5O8. The van der Waals surface area contributed by atoms with Crippen molar-refractivity contribution in [3.63, 3.8) is 0 Å². The van der Waals surface area contributed by atoms with Gasteiger partial charge in [0.1, 0.15) is 12.6 Å². The maximum absolute atomic E-state index is 13.3. The van der Waals surface area contributed by atoms with E-state index in [-0.39, 0.29) is 63.0 Å². The minimum absolute atomic E-state index is 0.0781. The number of piperazine rings is 1. The quantitative estimate of drug-likeness (QED) is 0.443. The smallest absolute Gasteiger partial charge is 0.409 e. The highest BCUT2D eigenvalue weighted by atomic mass is 16.5. The van der Waals surface area contributed by atoms with E-state index >= 15 is 0 Å². The first-order valence-electron chi connectivity index (χ1n) is 12.9. The number of carboxylic acids is 1. The molecule has 1 aromatic carbocycles. The Balaban J connectivity index is 1.80. The highest BCUT2D eigenvalue weighted by molar-refractivity contribution is 5.96. The Morgan fingerprint density at radius 2 is 1.65 bits per heavy atom. The van der Waals surface area contributed by atoms with Crippen molar-refractivity contribution in [2.24, 2.45) is 5.41 Å². The predicted molar refractivity (Wildman–Crippen MR) is 142 cm³/mol. The Morgan fingerprint density at radius 3 is 2.23 bits per heavy atom. The lowest BCUT2D eigenvalue weighted by molar-refractivity contribution is -0.138. The fourth-order valence-corrected chi connectivity index (χ4v) is 3.90. The zero-order chi connectivity index (χ0) is 29.4. The molecule has 216 valence electrons. The molecule has 13 nitrogen and oxygen atoms in total. The fraction of sp³-hybridized carbons (Fsp3) is 0.481. The number of aliphatic carboxylic acids is 1. The number of nitrogens with one attached hydrogen (secondary N) is 1. The van der Waals surface area contributed by atoms with E-state index in [1.54, 1.807) is 45.0 Å². The van der Waals surface area contributed by atoms with E-state index in [0.717, 1.165) is 0 Å². The number of benzene rings is 1. The molecule has 1 aromatic heterocycles. The molecule has 0 unspecified atom stereocenters. The van der Waals surface area contributed by atoms with Gasteiger partial charge in [-0.25, -0.2) is 9.48 Å². The normalized spacial score (nSPS) is 14.3. The number of ether oxygens (including phenoxy) is 2. The molecule has 40 heavy (non-hydrogen) atoms. The van der Waals surface area contributed by atoms with Gasteiger partial charge in [-0.1, -0.05) is 39.0 Å². The van der Waals surface area contributed by atoms with Crippen molar-refractivity contribution in [1.29, 1.82) is 0 Å². The van der Waals surface area contributed by atoms with Gasteiger partial charge in [-0.3, -0.25) is 19.2 Å². The monoisotopic (exact) mass is 557 g/mol. The van der Waals surface area contributed by atoms with Crippen LogP contribution in [0.15, 0.2) is 36.4 Å². The van der Waals surface area contributed by atoms with Gasteiger partial charge in [0.25, 0.3) is 5.91 Å². The van der Waals surface area contributed by atoms with E-state index in [9.17, 15) is 29.1 Å². The number of nitrogens with zero attached hydrogens (tertiary/aromatic N) is 4. The molecule has 1 aliphatic rings. The summed E-state index contributed by atoms with van der Waals surface area (Å²) in [5, 5.41) is 16.2. The first kappa shape index (κ1) is 30.1. The summed E-state index contributed by atoms with van der Waals surface area (Å²) in [6.45, 7) is 5.98. The SMILES string of the molecule is COC(=O)N1CCN(C(=O)[C@H](CCC(=O)O)NC(=O)c2cc(OCC(=O)C(C)(C)C)n(-c3ccccc3)n2)CC1. The number of rotatable bonds is 10. The average molecular weight is 558 g/mol. The molecule has 0 bridgehead atoms. The van der Waals surface area contributed by atoms with E-state index in [1.165, 1.54) is 27.7 Å². The van der Waals surface area contributed by atoms with Crippen LogP contribution in [0.25, 0.3) is 5.69 Å². The molecule has 0 radical (unpaired) electrons. The zero-order valence-corrected chi connectivity index (χ0v) is 23.1. The van der Waals surface area contributed by atoms with Gasteiger partial charge in [-0.15, -0.1) is 0 Å². The van der Waals surface area contributed by atoms with E-state index < -0.39 is 35.3 Å². The topological polar surface area (TPSA) is 160 Å². The Labute approximate surface area is 232 Å². The summed E-state index contributed by atoms with van der Waals surface area (Å²) >= 11 is 0. The number of methoxy groups -OCH3 is 1. The van der Waals surface area contributed by atoms with Gasteiger partial charge in [0.2, 0.25) is 11.8 Å². The maximum atomic E-state index is 13.3. The Kier molecular flexibility index (Phi) is 9.86. The van der Waals surface area contributed by atoms with Crippen molar-refractivity contribution >= 4 is 29.7 Å². The van der Waals surface area contributed by atoms with Crippen molar-refractivity contribution < 1.29 is 38.6 Å². The molecule has 0 spiro atoms. The number of aromatic nitrogens is 2. The molecule has 3 rings (SSSR count). The second kappa shape index (κ2) is 13.1. The van der Waals surface area contributed by atoms with Crippen LogP contribution < -0.4 is 10.1 Å². The summed E-state index contributed by atoms with van der Waals surface area (Å²) in [5.41, 5.74) is -0.120. The summed E-state index contributed by atoms with van der Waals surface area (Å²) in [5.74, 6) is -2.28. The molecule has 3 amide bonds. The molecule has 13 heteroatoms. The Bertz CT molecular complexity index is 1230.